The van der Waals surface area contributed by atoms with Gasteiger partial charge in [0.1, 0.15) is 0 Å². The van der Waals surface area contributed by atoms with Crippen LogP contribution in [0, 0.1) is 22.9 Å². The van der Waals surface area contributed by atoms with Crippen LogP contribution in [-0.4, -0.2) is 29.3 Å². The lowest BCUT2D eigenvalue weighted by atomic mass is 9.87. The number of hydrogen-bond donors (Lipinski definition) is 3. The molecule has 0 heterocycles. The molecule has 1 aliphatic carbocycles. The Morgan fingerprint density at radius 3 is 2.43 bits per heavy atom. The van der Waals surface area contributed by atoms with Crippen LogP contribution in [0.4, 0.5) is 13.2 Å². The van der Waals surface area contributed by atoms with E-state index in [0.717, 1.165) is 25.7 Å². The highest BCUT2D eigenvalue weighted by Gasteiger charge is 2.34. The Kier molecular flexibility index (Phi) is 4.41. The summed E-state index contributed by atoms with van der Waals surface area (Å²) in [5.74, 6) is -7.21. The van der Waals surface area contributed by atoms with E-state index >= 15 is 0 Å². The Balaban J connectivity index is 2.14. The van der Waals surface area contributed by atoms with E-state index in [0.29, 0.717) is 6.07 Å². The van der Waals surface area contributed by atoms with Crippen molar-refractivity contribution >= 4 is 5.91 Å². The number of phenols is 1. The summed E-state index contributed by atoms with van der Waals surface area (Å²) in [6.45, 7) is 0.000319. The van der Waals surface area contributed by atoms with Crippen molar-refractivity contribution in [3.63, 3.8) is 0 Å². The fourth-order valence-electron chi connectivity index (χ4n) is 2.63. The molecule has 1 aliphatic rings. The fourth-order valence-corrected chi connectivity index (χ4v) is 2.63. The number of aliphatic hydroxyl groups excluding tert-OH is 1. The highest BCUT2D eigenvalue weighted by molar-refractivity contribution is 5.95. The van der Waals surface area contributed by atoms with Gasteiger partial charge in [0.25, 0.3) is 5.91 Å². The zero-order chi connectivity index (χ0) is 15.6. The normalized spacial score (nSPS) is 17.0. The molecule has 1 aromatic rings. The van der Waals surface area contributed by atoms with Crippen LogP contribution in [-0.2, 0) is 0 Å². The van der Waals surface area contributed by atoms with Crippen molar-refractivity contribution in [2.75, 3.05) is 13.2 Å². The number of carbonyl (C=O) groups is 1. The summed E-state index contributed by atoms with van der Waals surface area (Å²) in [5.41, 5.74) is -1.22. The number of benzene rings is 1. The Hall–Kier alpha value is -1.76. The maximum atomic E-state index is 13.6. The van der Waals surface area contributed by atoms with Crippen molar-refractivity contribution in [3.05, 3.63) is 29.1 Å². The predicted octanol–water partition coefficient (Wildman–Crippen LogP) is 2.09. The number of carbonyl (C=O) groups excluding carboxylic acids is 1. The molecule has 1 amide bonds. The lowest BCUT2D eigenvalue weighted by Crippen LogP contribution is -2.38. The molecule has 3 N–H and O–H groups in total. The number of phenolic OH excluding ortho intramolecular Hbond substituents is 1. The average molecular weight is 303 g/mol. The molecule has 116 valence electrons. The summed E-state index contributed by atoms with van der Waals surface area (Å²) >= 11 is 0. The van der Waals surface area contributed by atoms with Gasteiger partial charge in [0.2, 0.25) is 5.82 Å². The van der Waals surface area contributed by atoms with Crippen molar-refractivity contribution in [1.82, 2.24) is 5.32 Å². The molecule has 0 saturated heterocycles. The van der Waals surface area contributed by atoms with E-state index in [2.05, 4.69) is 5.32 Å². The standard InChI is InChI=1S/C14H16F3NO3/c15-9-5-8(10(16)12(20)11(9)17)13(21)18-6-14(7-19)3-1-2-4-14/h5,19-20H,1-4,6-7H2,(H,18,21). The zero-order valence-corrected chi connectivity index (χ0v) is 11.3. The van der Waals surface area contributed by atoms with Crippen LogP contribution in [0.25, 0.3) is 0 Å². The van der Waals surface area contributed by atoms with Gasteiger partial charge in [0.15, 0.2) is 17.4 Å². The van der Waals surface area contributed by atoms with Crippen molar-refractivity contribution in [2.24, 2.45) is 5.41 Å². The predicted molar refractivity (Wildman–Crippen MR) is 68.3 cm³/mol. The second-order valence-electron chi connectivity index (χ2n) is 5.43. The summed E-state index contributed by atoms with van der Waals surface area (Å²) in [6.07, 6.45) is 3.32. The van der Waals surface area contributed by atoms with Gasteiger partial charge in [-0.1, -0.05) is 12.8 Å². The second-order valence-corrected chi connectivity index (χ2v) is 5.43. The van der Waals surface area contributed by atoms with Gasteiger partial charge in [-0.3, -0.25) is 4.79 Å². The van der Waals surface area contributed by atoms with Gasteiger partial charge >= 0.3 is 0 Å². The molecule has 0 radical (unpaired) electrons. The minimum Gasteiger partial charge on any atom is -0.503 e. The smallest absolute Gasteiger partial charge is 0.254 e. The zero-order valence-electron chi connectivity index (χ0n) is 11.3. The monoisotopic (exact) mass is 303 g/mol. The van der Waals surface area contributed by atoms with Crippen LogP contribution in [0.15, 0.2) is 6.07 Å². The van der Waals surface area contributed by atoms with E-state index in [4.69, 9.17) is 5.11 Å². The van der Waals surface area contributed by atoms with Crippen LogP contribution in [0.3, 0.4) is 0 Å². The second kappa shape index (κ2) is 5.93. The number of hydrogen-bond acceptors (Lipinski definition) is 3. The summed E-state index contributed by atoms with van der Waals surface area (Å²) in [6, 6.07) is 0.403. The van der Waals surface area contributed by atoms with Crippen LogP contribution >= 0.6 is 0 Å². The maximum absolute atomic E-state index is 13.6. The van der Waals surface area contributed by atoms with Crippen molar-refractivity contribution in [3.8, 4) is 5.75 Å². The number of aliphatic hydroxyl groups is 1. The number of halogens is 3. The summed E-state index contributed by atoms with van der Waals surface area (Å²) < 4.78 is 39.7. The van der Waals surface area contributed by atoms with E-state index in [9.17, 15) is 23.1 Å². The molecule has 0 atom stereocenters. The number of rotatable bonds is 4. The molecule has 1 saturated carbocycles. The molecule has 7 heteroatoms. The molecule has 21 heavy (non-hydrogen) atoms. The number of aromatic hydroxyl groups is 1. The minimum absolute atomic E-state index is 0.112. The van der Waals surface area contributed by atoms with Crippen molar-refractivity contribution < 1.29 is 28.2 Å². The Morgan fingerprint density at radius 1 is 1.24 bits per heavy atom. The molecule has 4 nitrogen and oxygen atoms in total. The molecule has 0 aromatic heterocycles. The van der Waals surface area contributed by atoms with Gasteiger partial charge in [0.05, 0.1) is 12.2 Å². The average Bonchev–Trinajstić information content (AvgIpc) is 2.96. The Labute approximate surface area is 119 Å². The first kappa shape index (κ1) is 15.6. The number of nitrogens with one attached hydrogen (secondary N) is 1. The van der Waals surface area contributed by atoms with Crippen LogP contribution < -0.4 is 5.32 Å². The lowest BCUT2D eigenvalue weighted by Gasteiger charge is -2.26. The third-order valence-electron chi connectivity index (χ3n) is 4.00. The first-order valence-electron chi connectivity index (χ1n) is 6.66. The highest BCUT2D eigenvalue weighted by atomic mass is 19.2. The summed E-state index contributed by atoms with van der Waals surface area (Å²) in [4.78, 5) is 11.9. The van der Waals surface area contributed by atoms with E-state index in [1.165, 1.54) is 0 Å². The first-order chi connectivity index (χ1) is 9.90. The van der Waals surface area contributed by atoms with Crippen LogP contribution in [0.5, 0.6) is 5.75 Å². The van der Waals surface area contributed by atoms with Gasteiger partial charge in [-0.05, 0) is 18.9 Å². The SMILES string of the molecule is O=C(NCC1(CO)CCCC1)c1cc(F)c(F)c(O)c1F. The highest BCUT2D eigenvalue weighted by Crippen LogP contribution is 2.37. The van der Waals surface area contributed by atoms with E-state index < -0.39 is 40.1 Å². The Bertz CT molecular complexity index is 557. The van der Waals surface area contributed by atoms with Gasteiger partial charge in [-0.2, -0.15) is 4.39 Å². The van der Waals surface area contributed by atoms with E-state index in [1.54, 1.807) is 0 Å². The molecule has 0 unspecified atom stereocenters. The third-order valence-corrected chi connectivity index (χ3v) is 4.00. The molecule has 0 bridgehead atoms. The summed E-state index contributed by atoms with van der Waals surface area (Å²) in [7, 11) is 0. The molecular formula is C14H16F3NO3. The molecular weight excluding hydrogens is 287 g/mol. The molecule has 0 aliphatic heterocycles. The molecule has 2 rings (SSSR count). The van der Waals surface area contributed by atoms with Gasteiger partial charge in [0, 0.05) is 12.0 Å². The lowest BCUT2D eigenvalue weighted by molar-refractivity contribution is 0.0875. The first-order valence-corrected chi connectivity index (χ1v) is 6.66. The third kappa shape index (κ3) is 2.97. The van der Waals surface area contributed by atoms with Crippen LogP contribution in [0.2, 0.25) is 0 Å². The molecule has 1 fully saturated rings. The van der Waals surface area contributed by atoms with Crippen molar-refractivity contribution in [2.45, 2.75) is 25.7 Å². The van der Waals surface area contributed by atoms with Crippen molar-refractivity contribution in [1.29, 1.82) is 0 Å². The topological polar surface area (TPSA) is 69.6 Å². The van der Waals surface area contributed by atoms with Gasteiger partial charge < -0.3 is 15.5 Å². The molecule has 0 spiro atoms. The fraction of sp³-hybridized carbons (Fsp3) is 0.500. The van der Waals surface area contributed by atoms with E-state index in [-0.39, 0.29) is 13.2 Å². The van der Waals surface area contributed by atoms with E-state index in [1.807, 2.05) is 0 Å². The quantitative estimate of drug-likeness (QED) is 0.746. The van der Waals surface area contributed by atoms with Gasteiger partial charge in [-0.15, -0.1) is 0 Å². The van der Waals surface area contributed by atoms with Crippen LogP contribution in [0.1, 0.15) is 36.0 Å². The summed E-state index contributed by atoms with van der Waals surface area (Å²) in [5, 5.41) is 20.9. The number of amides is 1. The molecule has 1 aromatic carbocycles. The largest absolute Gasteiger partial charge is 0.503 e. The minimum atomic E-state index is -1.73. The Morgan fingerprint density at radius 2 is 1.86 bits per heavy atom. The maximum Gasteiger partial charge on any atom is 0.254 e. The van der Waals surface area contributed by atoms with Gasteiger partial charge in [-0.25, -0.2) is 8.78 Å².